The number of nitrogens with zero attached hydrogens (tertiary/aromatic N) is 3. The van der Waals surface area contributed by atoms with Gasteiger partial charge in [0.1, 0.15) is 5.52 Å². The zero-order valence-corrected chi connectivity index (χ0v) is 7.07. The molecule has 0 fully saturated rings. The third kappa shape index (κ3) is 0.942. The Kier molecular flexibility index (Phi) is 1.50. The third-order valence-corrected chi connectivity index (χ3v) is 2.00. The summed E-state index contributed by atoms with van der Waals surface area (Å²) in [7, 11) is 0. The molecule has 3 nitrogen and oxygen atoms in total. The fourth-order valence-electron chi connectivity index (χ4n) is 1.16. The van der Waals surface area contributed by atoms with Crippen molar-refractivity contribution in [2.75, 3.05) is 0 Å². The molecular weight excluding hydrogens is 150 g/mol. The van der Waals surface area contributed by atoms with Crippen molar-refractivity contribution < 1.29 is 0 Å². The highest BCUT2D eigenvalue weighted by atomic mass is 14.8. The second kappa shape index (κ2) is 2.52. The van der Waals surface area contributed by atoms with Crippen LogP contribution in [0.5, 0.6) is 0 Å². The molecule has 0 N–H and O–H groups in total. The smallest absolute Gasteiger partial charge is 0.107 e. The maximum atomic E-state index is 4.24. The van der Waals surface area contributed by atoms with Crippen molar-refractivity contribution in [2.24, 2.45) is 0 Å². The lowest BCUT2D eigenvalue weighted by molar-refractivity contribution is 1.14. The summed E-state index contributed by atoms with van der Waals surface area (Å²) in [5.41, 5.74) is 3.94. The molecule has 3 heteroatoms. The first-order valence-electron chi connectivity index (χ1n) is 3.82. The minimum absolute atomic E-state index is 0.862. The van der Waals surface area contributed by atoms with Crippen molar-refractivity contribution in [1.29, 1.82) is 0 Å². The van der Waals surface area contributed by atoms with E-state index in [-0.39, 0.29) is 0 Å². The predicted molar refractivity (Wildman–Crippen MR) is 46.8 cm³/mol. The van der Waals surface area contributed by atoms with E-state index in [0.29, 0.717) is 0 Å². The third-order valence-electron chi connectivity index (χ3n) is 2.00. The Labute approximate surface area is 70.5 Å². The maximum Gasteiger partial charge on any atom is 0.107 e. The quantitative estimate of drug-likeness (QED) is 0.586. The van der Waals surface area contributed by atoms with Crippen molar-refractivity contribution in [3.8, 4) is 0 Å². The lowest BCUT2D eigenvalue weighted by Crippen LogP contribution is -1.91. The number of hydrogen-bond donors (Lipinski definition) is 0. The molecule has 0 radical (unpaired) electrons. The van der Waals surface area contributed by atoms with Gasteiger partial charge in [-0.3, -0.25) is 15.0 Å². The van der Waals surface area contributed by atoms with Crippen LogP contribution < -0.4 is 0 Å². The molecule has 12 heavy (non-hydrogen) atoms. The first-order chi connectivity index (χ1) is 5.79. The molecule has 0 aromatic carbocycles. The van der Waals surface area contributed by atoms with Crippen molar-refractivity contribution in [2.45, 2.75) is 13.8 Å². The van der Waals surface area contributed by atoms with Crippen LogP contribution in [0.1, 0.15) is 11.3 Å². The molecule has 0 amide bonds. The van der Waals surface area contributed by atoms with Crippen molar-refractivity contribution in [3.05, 3.63) is 29.8 Å². The van der Waals surface area contributed by atoms with E-state index in [1.807, 2.05) is 13.8 Å². The van der Waals surface area contributed by atoms with Gasteiger partial charge in [0.25, 0.3) is 0 Å². The van der Waals surface area contributed by atoms with Crippen molar-refractivity contribution in [3.63, 3.8) is 0 Å². The number of aryl methyl sites for hydroxylation is 2. The van der Waals surface area contributed by atoms with Crippen molar-refractivity contribution >= 4 is 11.0 Å². The molecular formula is C9H9N3. The van der Waals surface area contributed by atoms with E-state index in [9.17, 15) is 0 Å². The van der Waals surface area contributed by atoms with Crippen LogP contribution >= 0.6 is 0 Å². The van der Waals surface area contributed by atoms with E-state index >= 15 is 0 Å². The zero-order valence-electron chi connectivity index (χ0n) is 7.07. The molecule has 0 bridgehead atoms. The number of pyridine rings is 1. The van der Waals surface area contributed by atoms with Gasteiger partial charge in [0.15, 0.2) is 0 Å². The Morgan fingerprint density at radius 2 is 1.75 bits per heavy atom. The summed E-state index contributed by atoms with van der Waals surface area (Å²) in [5.74, 6) is 0. The zero-order chi connectivity index (χ0) is 8.55. The highest BCUT2D eigenvalue weighted by molar-refractivity contribution is 5.76. The normalized spacial score (nSPS) is 10.5. The summed E-state index contributed by atoms with van der Waals surface area (Å²) >= 11 is 0. The maximum absolute atomic E-state index is 4.24. The van der Waals surface area contributed by atoms with Crippen LogP contribution in [0.2, 0.25) is 0 Å². The van der Waals surface area contributed by atoms with E-state index in [0.717, 1.165) is 22.3 Å². The van der Waals surface area contributed by atoms with Gasteiger partial charge in [-0.2, -0.15) is 0 Å². The van der Waals surface area contributed by atoms with Crippen molar-refractivity contribution in [1.82, 2.24) is 15.0 Å². The van der Waals surface area contributed by atoms with E-state index < -0.39 is 0 Å². The minimum Gasteiger partial charge on any atom is -0.259 e. The van der Waals surface area contributed by atoms with Gasteiger partial charge in [-0.15, -0.1) is 0 Å². The monoisotopic (exact) mass is 159 g/mol. The molecule has 0 saturated heterocycles. The van der Waals surface area contributed by atoms with Crippen LogP contribution in [-0.4, -0.2) is 15.0 Å². The van der Waals surface area contributed by atoms with Gasteiger partial charge in [0.2, 0.25) is 0 Å². The van der Waals surface area contributed by atoms with Gasteiger partial charge < -0.3 is 0 Å². The number of aromatic nitrogens is 3. The van der Waals surface area contributed by atoms with E-state index in [1.165, 1.54) is 0 Å². The van der Waals surface area contributed by atoms with E-state index in [4.69, 9.17) is 0 Å². The molecule has 2 aromatic rings. The molecule has 0 aliphatic carbocycles. The highest BCUT2D eigenvalue weighted by Crippen LogP contribution is 2.13. The summed E-state index contributed by atoms with van der Waals surface area (Å²) in [6.45, 7) is 3.99. The fraction of sp³-hybridized carbons (Fsp3) is 0.222. The largest absolute Gasteiger partial charge is 0.259 e. The number of rotatable bonds is 0. The molecule has 2 aromatic heterocycles. The Morgan fingerprint density at radius 1 is 1.00 bits per heavy atom. The van der Waals surface area contributed by atoms with Crippen LogP contribution in [0.15, 0.2) is 18.6 Å². The molecule has 60 valence electrons. The predicted octanol–water partition coefficient (Wildman–Crippen LogP) is 1.64. The second-order valence-corrected chi connectivity index (χ2v) is 2.76. The molecule has 0 aliphatic heterocycles. The van der Waals surface area contributed by atoms with Crippen LogP contribution in [0, 0.1) is 13.8 Å². The highest BCUT2D eigenvalue weighted by Gasteiger charge is 2.01. The second-order valence-electron chi connectivity index (χ2n) is 2.76. The van der Waals surface area contributed by atoms with Crippen LogP contribution in [0.4, 0.5) is 0 Å². The first-order valence-corrected chi connectivity index (χ1v) is 3.82. The summed E-state index contributed by atoms with van der Waals surface area (Å²) in [6.07, 6.45) is 5.14. The van der Waals surface area contributed by atoms with Crippen LogP contribution in [0.3, 0.4) is 0 Å². The van der Waals surface area contributed by atoms with Gasteiger partial charge >= 0.3 is 0 Å². The molecule has 0 aliphatic rings. The van der Waals surface area contributed by atoms with Crippen LogP contribution in [-0.2, 0) is 0 Å². The van der Waals surface area contributed by atoms with Crippen LogP contribution in [0.25, 0.3) is 11.0 Å². The Morgan fingerprint density at radius 3 is 2.58 bits per heavy atom. The average Bonchev–Trinajstić information content (AvgIpc) is 2.12. The number of hydrogen-bond acceptors (Lipinski definition) is 3. The number of fused-ring (bicyclic) bond motifs is 1. The lowest BCUT2D eigenvalue weighted by Gasteiger charge is -2.01. The average molecular weight is 159 g/mol. The molecule has 0 atom stereocenters. The molecule has 2 heterocycles. The lowest BCUT2D eigenvalue weighted by atomic mass is 10.2. The fourth-order valence-corrected chi connectivity index (χ4v) is 1.16. The minimum atomic E-state index is 0.862. The standard InChI is InChI=1S/C9H9N3/c1-6-7(2)12-5-8-9(6)11-4-3-10-8/h3-5H,1-2H3. The molecule has 0 unspecified atom stereocenters. The molecule has 0 spiro atoms. The van der Waals surface area contributed by atoms with Gasteiger partial charge in [-0.05, 0) is 19.4 Å². The summed E-state index contributed by atoms with van der Waals surface area (Å²) in [4.78, 5) is 12.6. The van der Waals surface area contributed by atoms with Gasteiger partial charge in [-0.1, -0.05) is 0 Å². The SMILES string of the molecule is Cc1ncc2nccnc2c1C. The Bertz CT molecular complexity index is 423. The molecule has 2 rings (SSSR count). The van der Waals surface area contributed by atoms with Gasteiger partial charge in [-0.25, -0.2) is 0 Å². The van der Waals surface area contributed by atoms with E-state index in [2.05, 4.69) is 15.0 Å². The Balaban J connectivity index is 2.91. The van der Waals surface area contributed by atoms with Gasteiger partial charge in [0, 0.05) is 18.1 Å². The topological polar surface area (TPSA) is 38.7 Å². The van der Waals surface area contributed by atoms with E-state index in [1.54, 1.807) is 18.6 Å². The summed E-state index contributed by atoms with van der Waals surface area (Å²) in [5, 5.41) is 0. The first kappa shape index (κ1) is 7.16. The summed E-state index contributed by atoms with van der Waals surface area (Å²) < 4.78 is 0. The Hall–Kier alpha value is -1.51. The summed E-state index contributed by atoms with van der Waals surface area (Å²) in [6, 6.07) is 0. The van der Waals surface area contributed by atoms with Gasteiger partial charge in [0.05, 0.1) is 11.7 Å². The molecule has 0 saturated carbocycles.